The van der Waals surface area contributed by atoms with E-state index in [-0.39, 0.29) is 17.5 Å². The van der Waals surface area contributed by atoms with E-state index in [9.17, 15) is 9.59 Å². The van der Waals surface area contributed by atoms with Crippen molar-refractivity contribution in [3.63, 3.8) is 0 Å². The molecule has 3 aromatic rings. The summed E-state index contributed by atoms with van der Waals surface area (Å²) in [6.07, 6.45) is 1.53. The lowest BCUT2D eigenvalue weighted by Gasteiger charge is -2.25. The van der Waals surface area contributed by atoms with Gasteiger partial charge >= 0.3 is 0 Å². The average molecular weight is 419 g/mol. The van der Waals surface area contributed by atoms with E-state index in [0.717, 1.165) is 5.56 Å². The Morgan fingerprint density at radius 1 is 1.39 bits per heavy atom. The molecule has 8 heteroatoms. The fraction of sp³-hybridized carbons (Fsp3) is 0.350. The molecule has 1 aromatic carbocycles. The number of halogens is 1. The van der Waals surface area contributed by atoms with Crippen LogP contribution >= 0.6 is 22.9 Å². The van der Waals surface area contributed by atoms with E-state index in [4.69, 9.17) is 11.6 Å². The third-order valence-corrected chi connectivity index (χ3v) is 6.21. The minimum Gasteiger partial charge on any atom is -0.349 e. The summed E-state index contributed by atoms with van der Waals surface area (Å²) in [4.78, 5) is 32.9. The van der Waals surface area contributed by atoms with Crippen LogP contribution in [0.2, 0.25) is 5.02 Å². The summed E-state index contributed by atoms with van der Waals surface area (Å²) in [7, 11) is 3.92. The number of fused-ring (bicyclic) bond motifs is 1. The zero-order valence-electron chi connectivity index (χ0n) is 16.3. The number of hydrogen-bond acceptors (Lipinski definition) is 5. The first kappa shape index (κ1) is 20.5. The van der Waals surface area contributed by atoms with Crippen molar-refractivity contribution in [2.75, 3.05) is 20.6 Å². The highest BCUT2D eigenvalue weighted by Crippen LogP contribution is 2.27. The van der Waals surface area contributed by atoms with Gasteiger partial charge < -0.3 is 10.2 Å². The first-order valence-electron chi connectivity index (χ1n) is 9.02. The molecule has 0 saturated heterocycles. The Bertz CT molecular complexity index is 1070. The summed E-state index contributed by atoms with van der Waals surface area (Å²) < 4.78 is 1.55. The van der Waals surface area contributed by atoms with Crippen LogP contribution in [-0.4, -0.2) is 41.0 Å². The quantitative estimate of drug-likeness (QED) is 0.665. The van der Waals surface area contributed by atoms with Gasteiger partial charge in [-0.2, -0.15) is 0 Å². The number of aryl methyl sites for hydroxylation is 2. The molecule has 6 nitrogen and oxygen atoms in total. The van der Waals surface area contributed by atoms with Gasteiger partial charge in [0.25, 0.3) is 11.5 Å². The molecule has 0 aliphatic heterocycles. The number of rotatable bonds is 6. The predicted molar refractivity (Wildman–Crippen MR) is 115 cm³/mol. The number of hydrogen-bond donors (Lipinski definition) is 1. The van der Waals surface area contributed by atoms with Gasteiger partial charge in [-0.25, -0.2) is 4.98 Å². The van der Waals surface area contributed by atoms with Crippen LogP contribution in [0.3, 0.4) is 0 Å². The van der Waals surface area contributed by atoms with Crippen LogP contribution in [0.4, 0.5) is 0 Å². The molecule has 28 heavy (non-hydrogen) atoms. The maximum absolute atomic E-state index is 12.8. The van der Waals surface area contributed by atoms with Crippen LogP contribution in [0.25, 0.3) is 10.2 Å². The molecular formula is C20H23ClN4O2S. The van der Waals surface area contributed by atoms with Gasteiger partial charge in [0.2, 0.25) is 0 Å². The van der Waals surface area contributed by atoms with Crippen molar-refractivity contribution in [1.29, 1.82) is 0 Å². The van der Waals surface area contributed by atoms with Gasteiger partial charge in [-0.15, -0.1) is 11.3 Å². The minimum absolute atomic E-state index is 0.0206. The molecule has 0 radical (unpaired) electrons. The summed E-state index contributed by atoms with van der Waals surface area (Å²) >= 11 is 7.37. The van der Waals surface area contributed by atoms with E-state index in [1.165, 1.54) is 17.7 Å². The van der Waals surface area contributed by atoms with E-state index in [0.29, 0.717) is 38.8 Å². The van der Waals surface area contributed by atoms with Crippen molar-refractivity contribution >= 4 is 39.1 Å². The zero-order chi connectivity index (χ0) is 20.4. The normalized spacial score (nSPS) is 12.5. The van der Waals surface area contributed by atoms with E-state index >= 15 is 0 Å². The maximum atomic E-state index is 12.8. The smallest absolute Gasteiger partial charge is 0.262 e. The number of benzene rings is 1. The van der Waals surface area contributed by atoms with Crippen LogP contribution in [-0.2, 0) is 6.54 Å². The van der Waals surface area contributed by atoms with Crippen LogP contribution in [0.15, 0.2) is 35.4 Å². The molecule has 0 bridgehead atoms. The highest BCUT2D eigenvalue weighted by molar-refractivity contribution is 7.20. The molecule has 1 N–H and O–H groups in total. The van der Waals surface area contributed by atoms with Crippen LogP contribution in [0, 0.1) is 6.92 Å². The highest BCUT2D eigenvalue weighted by atomic mass is 35.5. The molecule has 1 unspecified atom stereocenters. The van der Waals surface area contributed by atoms with E-state index in [1.54, 1.807) is 11.5 Å². The molecule has 0 aliphatic carbocycles. The number of carbonyl (C=O) groups excluding carboxylic acids is 1. The molecule has 2 aromatic heterocycles. The number of amides is 1. The molecule has 0 aliphatic rings. The summed E-state index contributed by atoms with van der Waals surface area (Å²) in [6.45, 7) is 4.66. The number of aromatic nitrogens is 2. The van der Waals surface area contributed by atoms with Gasteiger partial charge in [0.05, 0.1) is 22.6 Å². The molecule has 148 valence electrons. The standard InChI is InChI=1S/C20H23ClN4O2S/c1-5-25-11-23-19-16(20(25)27)12(2)17(28-19)18(26)22-10-15(24(3)4)13-7-6-8-14(21)9-13/h6-9,11,15H,5,10H2,1-4H3,(H,22,26). The molecule has 1 atom stereocenters. The lowest BCUT2D eigenvalue weighted by molar-refractivity contribution is 0.0945. The molecule has 1 amide bonds. The second-order valence-electron chi connectivity index (χ2n) is 6.82. The third-order valence-electron chi connectivity index (χ3n) is 4.78. The van der Waals surface area contributed by atoms with Crippen molar-refractivity contribution in [2.24, 2.45) is 0 Å². The van der Waals surface area contributed by atoms with Gasteiger partial charge in [0.15, 0.2) is 0 Å². The van der Waals surface area contributed by atoms with Crippen LogP contribution in [0.1, 0.15) is 33.8 Å². The zero-order valence-corrected chi connectivity index (χ0v) is 17.9. The number of thiophene rings is 1. The molecular weight excluding hydrogens is 396 g/mol. The lowest BCUT2D eigenvalue weighted by atomic mass is 10.1. The number of likely N-dealkylation sites (N-methyl/N-ethyl adjacent to an activating group) is 1. The SMILES string of the molecule is CCn1cnc2sc(C(=O)NCC(c3cccc(Cl)c3)N(C)C)c(C)c2c1=O. The lowest BCUT2D eigenvalue weighted by Crippen LogP contribution is -2.34. The van der Waals surface area contributed by atoms with E-state index in [1.807, 2.05) is 50.2 Å². The van der Waals surface area contributed by atoms with E-state index in [2.05, 4.69) is 10.3 Å². The Morgan fingerprint density at radius 2 is 2.14 bits per heavy atom. The largest absolute Gasteiger partial charge is 0.349 e. The van der Waals surface area contributed by atoms with Crippen molar-refractivity contribution in [3.8, 4) is 0 Å². The highest BCUT2D eigenvalue weighted by Gasteiger charge is 2.21. The van der Waals surface area contributed by atoms with Crippen molar-refractivity contribution < 1.29 is 4.79 Å². The fourth-order valence-electron chi connectivity index (χ4n) is 3.18. The minimum atomic E-state index is -0.197. The summed E-state index contributed by atoms with van der Waals surface area (Å²) in [5, 5.41) is 4.19. The Morgan fingerprint density at radius 3 is 2.79 bits per heavy atom. The molecule has 0 saturated carbocycles. The van der Waals surface area contributed by atoms with Crippen LogP contribution in [0.5, 0.6) is 0 Å². The summed E-state index contributed by atoms with van der Waals surface area (Å²) in [6, 6.07) is 7.60. The van der Waals surface area contributed by atoms with Gasteiger partial charge in [0.1, 0.15) is 4.83 Å². The number of carbonyl (C=O) groups is 1. The molecule has 2 heterocycles. The first-order valence-corrected chi connectivity index (χ1v) is 10.2. The maximum Gasteiger partial charge on any atom is 0.262 e. The molecule has 0 fully saturated rings. The topological polar surface area (TPSA) is 67.2 Å². The Balaban J connectivity index is 1.85. The Kier molecular flexibility index (Phi) is 6.17. The van der Waals surface area contributed by atoms with Crippen molar-refractivity contribution in [3.05, 3.63) is 62.0 Å². The van der Waals surface area contributed by atoms with Gasteiger partial charge in [-0.05, 0) is 51.2 Å². The second kappa shape index (κ2) is 8.43. The van der Waals surface area contributed by atoms with Gasteiger partial charge in [-0.3, -0.25) is 14.2 Å². The van der Waals surface area contributed by atoms with E-state index < -0.39 is 0 Å². The third kappa shape index (κ3) is 3.97. The van der Waals surface area contributed by atoms with Crippen molar-refractivity contribution in [2.45, 2.75) is 26.4 Å². The summed E-state index contributed by atoms with van der Waals surface area (Å²) in [5.41, 5.74) is 1.60. The fourth-order valence-corrected chi connectivity index (χ4v) is 4.44. The molecule has 3 rings (SSSR count). The number of nitrogens with one attached hydrogen (secondary N) is 1. The molecule has 0 spiro atoms. The number of nitrogens with zero attached hydrogens (tertiary/aromatic N) is 3. The Hall–Kier alpha value is -2.22. The predicted octanol–water partition coefficient (Wildman–Crippen LogP) is 3.47. The van der Waals surface area contributed by atoms with Crippen molar-refractivity contribution in [1.82, 2.24) is 19.8 Å². The average Bonchev–Trinajstić information content (AvgIpc) is 2.99. The van der Waals surface area contributed by atoms with Gasteiger partial charge in [0, 0.05) is 18.1 Å². The first-order chi connectivity index (χ1) is 13.3. The monoisotopic (exact) mass is 418 g/mol. The van der Waals surface area contributed by atoms with Gasteiger partial charge in [-0.1, -0.05) is 23.7 Å². The summed E-state index contributed by atoms with van der Waals surface area (Å²) in [5.74, 6) is -0.197. The Labute approximate surface area is 172 Å². The second-order valence-corrected chi connectivity index (χ2v) is 8.25. The van der Waals surface area contributed by atoms with Crippen LogP contribution < -0.4 is 10.9 Å².